The zero-order valence-electron chi connectivity index (χ0n) is 11.8. The molecular weight excluding hydrogens is 294 g/mol. The van der Waals surface area contributed by atoms with Crippen molar-refractivity contribution in [3.63, 3.8) is 0 Å². The van der Waals surface area contributed by atoms with Crippen molar-refractivity contribution < 1.29 is 4.79 Å². The van der Waals surface area contributed by atoms with Crippen molar-refractivity contribution in [3.8, 4) is 0 Å². The average Bonchev–Trinajstić information content (AvgIpc) is 2.90. The van der Waals surface area contributed by atoms with Crippen LogP contribution in [0.5, 0.6) is 0 Å². The monoisotopic (exact) mass is 315 g/mol. The highest BCUT2D eigenvalue weighted by molar-refractivity contribution is 7.14. The van der Waals surface area contributed by atoms with E-state index in [9.17, 15) is 4.79 Å². The molecular formula is C14H22ClN3OS. The van der Waals surface area contributed by atoms with E-state index in [0.717, 1.165) is 30.3 Å². The highest BCUT2D eigenvalue weighted by Crippen LogP contribution is 2.31. The maximum atomic E-state index is 12.1. The van der Waals surface area contributed by atoms with E-state index >= 15 is 0 Å². The summed E-state index contributed by atoms with van der Waals surface area (Å²) in [6, 6.07) is 2.33. The molecule has 1 aromatic heterocycles. The second-order valence-electron chi connectivity index (χ2n) is 5.27. The van der Waals surface area contributed by atoms with Gasteiger partial charge in [0, 0.05) is 25.7 Å². The Hall–Kier alpha value is -0.620. The van der Waals surface area contributed by atoms with E-state index in [1.807, 2.05) is 6.07 Å². The molecule has 2 heterocycles. The topological polar surface area (TPSA) is 58.4 Å². The van der Waals surface area contributed by atoms with Crippen LogP contribution in [0.2, 0.25) is 4.34 Å². The van der Waals surface area contributed by atoms with E-state index in [1.54, 1.807) is 11.3 Å². The van der Waals surface area contributed by atoms with Gasteiger partial charge in [-0.1, -0.05) is 11.6 Å². The van der Waals surface area contributed by atoms with Crippen LogP contribution in [0.4, 0.5) is 0 Å². The third kappa shape index (κ3) is 3.95. The van der Waals surface area contributed by atoms with Crippen LogP contribution in [0.3, 0.4) is 0 Å². The molecule has 1 aliphatic heterocycles. The minimum atomic E-state index is 0.0758. The van der Waals surface area contributed by atoms with Crippen LogP contribution in [0, 0.1) is 5.92 Å². The summed E-state index contributed by atoms with van der Waals surface area (Å²) in [5.41, 5.74) is 6.66. The lowest BCUT2D eigenvalue weighted by molar-refractivity contribution is -0.126. The zero-order chi connectivity index (χ0) is 14.5. The van der Waals surface area contributed by atoms with Crippen molar-refractivity contribution in [1.82, 2.24) is 10.2 Å². The van der Waals surface area contributed by atoms with E-state index in [4.69, 9.17) is 17.3 Å². The van der Waals surface area contributed by atoms with Gasteiger partial charge in [0.25, 0.3) is 0 Å². The molecule has 1 saturated heterocycles. The maximum absolute atomic E-state index is 12.1. The first-order chi connectivity index (χ1) is 9.61. The number of thiophene rings is 1. The molecule has 0 bridgehead atoms. The number of nitrogens with zero attached hydrogens (tertiary/aromatic N) is 1. The number of likely N-dealkylation sites (tertiary alicyclic amines) is 1. The summed E-state index contributed by atoms with van der Waals surface area (Å²) in [5.74, 6) is 0.211. The molecule has 2 unspecified atom stereocenters. The lowest BCUT2D eigenvalue weighted by atomic mass is 9.95. The molecule has 0 radical (unpaired) electrons. The Morgan fingerprint density at radius 1 is 1.70 bits per heavy atom. The van der Waals surface area contributed by atoms with Gasteiger partial charge in [-0.25, -0.2) is 0 Å². The Kier molecular flexibility index (Phi) is 5.84. The number of nitrogens with two attached hydrogens (primary N) is 1. The second-order valence-corrected chi connectivity index (χ2v) is 6.82. The number of carbonyl (C=O) groups is 1. The van der Waals surface area contributed by atoms with Crippen LogP contribution in [-0.4, -0.2) is 37.0 Å². The zero-order valence-corrected chi connectivity index (χ0v) is 13.3. The molecule has 2 rings (SSSR count). The quantitative estimate of drug-likeness (QED) is 0.876. The Labute approximate surface area is 129 Å². The van der Waals surface area contributed by atoms with Gasteiger partial charge in [-0.2, -0.15) is 0 Å². The summed E-state index contributed by atoms with van der Waals surface area (Å²) < 4.78 is 0.820. The predicted molar refractivity (Wildman–Crippen MR) is 84.1 cm³/mol. The molecule has 1 aliphatic rings. The molecule has 0 aliphatic carbocycles. The van der Waals surface area contributed by atoms with Gasteiger partial charge in [-0.05, 0) is 43.3 Å². The Balaban J connectivity index is 1.94. The van der Waals surface area contributed by atoms with Crippen LogP contribution in [0.25, 0.3) is 0 Å². The molecule has 1 amide bonds. The van der Waals surface area contributed by atoms with Crippen molar-refractivity contribution >= 4 is 28.8 Å². The highest BCUT2D eigenvalue weighted by atomic mass is 35.5. The molecule has 0 spiro atoms. The number of rotatable bonds is 5. The van der Waals surface area contributed by atoms with Crippen LogP contribution in [0.1, 0.15) is 31.4 Å². The van der Waals surface area contributed by atoms with Crippen molar-refractivity contribution in [2.75, 3.05) is 26.2 Å². The van der Waals surface area contributed by atoms with Gasteiger partial charge in [0.05, 0.1) is 10.3 Å². The van der Waals surface area contributed by atoms with Crippen LogP contribution >= 0.6 is 22.9 Å². The molecule has 112 valence electrons. The van der Waals surface area contributed by atoms with Gasteiger partial charge in [0.2, 0.25) is 5.91 Å². The first-order valence-corrected chi connectivity index (χ1v) is 8.33. The number of nitrogens with one attached hydrogen (secondary N) is 1. The van der Waals surface area contributed by atoms with Crippen LogP contribution in [0.15, 0.2) is 11.4 Å². The minimum absolute atomic E-state index is 0.0758. The fourth-order valence-electron chi connectivity index (χ4n) is 2.67. The van der Waals surface area contributed by atoms with E-state index in [1.165, 1.54) is 5.56 Å². The van der Waals surface area contributed by atoms with E-state index in [0.29, 0.717) is 19.1 Å². The van der Waals surface area contributed by atoms with Gasteiger partial charge in [-0.3, -0.25) is 9.69 Å². The first-order valence-electron chi connectivity index (χ1n) is 7.07. The Morgan fingerprint density at radius 3 is 3.15 bits per heavy atom. The van der Waals surface area contributed by atoms with Gasteiger partial charge < -0.3 is 11.1 Å². The maximum Gasteiger partial charge on any atom is 0.224 e. The van der Waals surface area contributed by atoms with E-state index < -0.39 is 0 Å². The van der Waals surface area contributed by atoms with Gasteiger partial charge in [0.15, 0.2) is 0 Å². The molecule has 2 atom stereocenters. The number of amides is 1. The molecule has 0 saturated carbocycles. The molecule has 0 aromatic carbocycles. The molecule has 4 nitrogen and oxygen atoms in total. The summed E-state index contributed by atoms with van der Waals surface area (Å²) in [5, 5.41) is 5.00. The smallest absolute Gasteiger partial charge is 0.224 e. The third-order valence-corrected chi connectivity index (χ3v) is 4.99. The highest BCUT2D eigenvalue weighted by Gasteiger charge is 2.28. The van der Waals surface area contributed by atoms with E-state index in [-0.39, 0.29) is 11.8 Å². The first kappa shape index (κ1) is 15.8. The predicted octanol–water partition coefficient (Wildman–Crippen LogP) is 2.25. The Bertz CT molecular complexity index is 451. The number of hydrogen-bond acceptors (Lipinski definition) is 4. The molecule has 1 aromatic rings. The summed E-state index contributed by atoms with van der Waals surface area (Å²) in [6.07, 6.45) is 2.02. The Morgan fingerprint density at radius 2 is 2.50 bits per heavy atom. The second kappa shape index (κ2) is 7.41. The standard InChI is InChI=1S/C14H22ClN3OS/c1-10(12-7-13(15)20-9-12)18-6-2-3-11(8-18)14(19)17-5-4-16/h7,9-11H,2-6,8,16H2,1H3,(H,17,19). The molecule has 20 heavy (non-hydrogen) atoms. The van der Waals surface area contributed by atoms with Crippen LogP contribution in [-0.2, 0) is 4.79 Å². The number of halogens is 1. The molecule has 3 N–H and O–H groups in total. The summed E-state index contributed by atoms with van der Waals surface area (Å²) in [4.78, 5) is 14.4. The number of carbonyl (C=O) groups excluding carboxylic acids is 1. The molecule has 1 fully saturated rings. The largest absolute Gasteiger partial charge is 0.355 e. The van der Waals surface area contributed by atoms with Crippen molar-refractivity contribution in [2.24, 2.45) is 11.7 Å². The SMILES string of the molecule is CC(c1csc(Cl)c1)N1CCCC(C(=O)NCCN)C1. The lowest BCUT2D eigenvalue weighted by Crippen LogP contribution is -2.44. The van der Waals surface area contributed by atoms with Crippen molar-refractivity contribution in [1.29, 1.82) is 0 Å². The average molecular weight is 316 g/mol. The number of piperidine rings is 1. The van der Waals surface area contributed by atoms with Gasteiger partial charge in [0.1, 0.15) is 0 Å². The summed E-state index contributed by atoms with van der Waals surface area (Å²) in [7, 11) is 0. The number of hydrogen-bond donors (Lipinski definition) is 2. The fraction of sp³-hybridized carbons (Fsp3) is 0.643. The normalized spacial score (nSPS) is 21.6. The summed E-state index contributed by atoms with van der Waals surface area (Å²) >= 11 is 7.56. The van der Waals surface area contributed by atoms with Crippen molar-refractivity contribution in [2.45, 2.75) is 25.8 Å². The van der Waals surface area contributed by atoms with Gasteiger partial charge >= 0.3 is 0 Å². The van der Waals surface area contributed by atoms with E-state index in [2.05, 4.69) is 22.5 Å². The third-order valence-electron chi connectivity index (χ3n) is 3.89. The van der Waals surface area contributed by atoms with Gasteiger partial charge in [-0.15, -0.1) is 11.3 Å². The van der Waals surface area contributed by atoms with Crippen molar-refractivity contribution in [3.05, 3.63) is 21.3 Å². The van der Waals surface area contributed by atoms with Crippen LogP contribution < -0.4 is 11.1 Å². The minimum Gasteiger partial charge on any atom is -0.355 e. The summed E-state index contributed by atoms with van der Waals surface area (Å²) in [6.45, 7) is 5.08. The fourth-order valence-corrected chi connectivity index (χ4v) is 3.64. The molecule has 6 heteroatoms. The lowest BCUT2D eigenvalue weighted by Gasteiger charge is -2.36.